The van der Waals surface area contributed by atoms with Gasteiger partial charge in [0.25, 0.3) is 5.54 Å². The molecule has 0 bridgehead atoms. The average Bonchev–Trinajstić information content (AvgIpc) is 3.06. The van der Waals surface area contributed by atoms with Crippen LogP contribution in [0.1, 0.15) is 24.6 Å². The van der Waals surface area contributed by atoms with E-state index in [2.05, 4.69) is 4.74 Å². The molecule has 1 aliphatic rings. The van der Waals surface area contributed by atoms with E-state index in [4.69, 9.17) is 0 Å². The van der Waals surface area contributed by atoms with Crippen molar-refractivity contribution in [2.45, 2.75) is 25.3 Å². The molecule has 1 heterocycles. The van der Waals surface area contributed by atoms with Crippen molar-refractivity contribution in [3.8, 4) is 0 Å². The third-order valence-corrected chi connectivity index (χ3v) is 4.39. The lowest BCUT2D eigenvalue weighted by Gasteiger charge is -2.20. The number of carbonyl (C=O) groups is 1. The molecule has 0 amide bonds. The van der Waals surface area contributed by atoms with Crippen LogP contribution < -0.4 is 0 Å². The van der Waals surface area contributed by atoms with Gasteiger partial charge in [-0.1, -0.05) is 13.0 Å². The second-order valence-electron chi connectivity index (χ2n) is 4.60. The number of nitrogens with zero attached hydrogens (tertiary/aromatic N) is 1. The Morgan fingerprint density at radius 2 is 2.40 bits per heavy atom. The van der Waals surface area contributed by atoms with Crippen molar-refractivity contribution in [3.05, 3.63) is 49.7 Å². The molecule has 0 radical (unpaired) electrons. The predicted octanol–water partition coefficient (Wildman–Crippen LogP) is 3.06. The van der Waals surface area contributed by atoms with Crippen molar-refractivity contribution in [3.63, 3.8) is 0 Å². The minimum Gasteiger partial charge on any atom is -0.466 e. The molecule has 1 aromatic rings. The fourth-order valence-corrected chi connectivity index (χ4v) is 3.05. The van der Waals surface area contributed by atoms with Crippen molar-refractivity contribution in [1.29, 1.82) is 0 Å². The fourth-order valence-electron chi connectivity index (χ4n) is 2.38. The summed E-state index contributed by atoms with van der Waals surface area (Å²) in [5, 5.41) is 13.4. The number of hydrogen-bond donors (Lipinski definition) is 0. The van der Waals surface area contributed by atoms with Crippen molar-refractivity contribution in [2.24, 2.45) is 0 Å². The molecule has 0 saturated carbocycles. The van der Waals surface area contributed by atoms with Gasteiger partial charge in [-0.15, -0.1) is 11.3 Å². The second-order valence-corrected chi connectivity index (χ2v) is 5.57. The first-order valence-corrected chi connectivity index (χ1v) is 7.10. The van der Waals surface area contributed by atoms with Crippen LogP contribution in [0, 0.1) is 10.1 Å². The minimum absolute atomic E-state index is 0.0837. The molecule has 0 spiro atoms. The molecule has 0 fully saturated rings. The quantitative estimate of drug-likeness (QED) is 0.486. The van der Waals surface area contributed by atoms with E-state index >= 15 is 0 Å². The van der Waals surface area contributed by atoms with E-state index in [0.717, 1.165) is 4.88 Å². The summed E-state index contributed by atoms with van der Waals surface area (Å²) in [4.78, 5) is 23.8. The smallest absolute Gasteiger partial charge is 0.334 e. The van der Waals surface area contributed by atoms with Gasteiger partial charge in [-0.25, -0.2) is 4.79 Å². The van der Waals surface area contributed by atoms with Gasteiger partial charge in [0.15, 0.2) is 0 Å². The number of thiophene rings is 1. The lowest BCUT2D eigenvalue weighted by molar-refractivity contribution is -0.556. The summed E-state index contributed by atoms with van der Waals surface area (Å²) in [6.07, 6.45) is 3.79. The van der Waals surface area contributed by atoms with Gasteiger partial charge < -0.3 is 4.74 Å². The van der Waals surface area contributed by atoms with Crippen molar-refractivity contribution in [2.75, 3.05) is 7.11 Å². The number of methoxy groups -OCH3 is 1. The summed E-state index contributed by atoms with van der Waals surface area (Å²) >= 11 is 1.50. The van der Waals surface area contributed by atoms with Crippen LogP contribution in [0.3, 0.4) is 0 Å². The first-order chi connectivity index (χ1) is 9.53. The third kappa shape index (κ3) is 2.38. The molecule has 2 rings (SSSR count). The number of carbonyl (C=O) groups excluding carboxylic acids is 1. The van der Waals surface area contributed by atoms with Gasteiger partial charge in [0, 0.05) is 27.4 Å². The van der Waals surface area contributed by atoms with E-state index < -0.39 is 11.5 Å². The highest BCUT2D eigenvalue weighted by atomic mass is 32.1. The van der Waals surface area contributed by atoms with E-state index in [1.807, 2.05) is 17.5 Å². The molecule has 1 atom stereocenters. The molecule has 5 nitrogen and oxygen atoms in total. The first kappa shape index (κ1) is 14.5. The molecule has 106 valence electrons. The van der Waals surface area contributed by atoms with Crippen molar-refractivity contribution < 1.29 is 14.5 Å². The van der Waals surface area contributed by atoms with E-state index in [1.165, 1.54) is 18.4 Å². The fraction of sp³-hybridized carbons (Fsp3) is 0.357. The molecular formula is C14H15NO4S. The maximum Gasteiger partial charge on any atom is 0.334 e. The average molecular weight is 293 g/mol. The van der Waals surface area contributed by atoms with Gasteiger partial charge in [-0.3, -0.25) is 10.1 Å². The minimum atomic E-state index is -1.23. The SMILES string of the molecule is CCC1([N+](=O)[O-])CC(C(=O)OC)=C/C1=C/c1cccs1. The summed E-state index contributed by atoms with van der Waals surface area (Å²) in [6.45, 7) is 1.76. The summed E-state index contributed by atoms with van der Waals surface area (Å²) in [6, 6.07) is 3.78. The molecule has 1 unspecified atom stereocenters. The molecule has 0 aliphatic heterocycles. The van der Waals surface area contributed by atoms with E-state index in [-0.39, 0.29) is 11.3 Å². The summed E-state index contributed by atoms with van der Waals surface area (Å²) in [5.74, 6) is -0.501. The summed E-state index contributed by atoms with van der Waals surface area (Å²) < 4.78 is 4.68. The third-order valence-electron chi connectivity index (χ3n) is 3.57. The maximum atomic E-state index is 11.7. The molecule has 6 heteroatoms. The van der Waals surface area contributed by atoms with Gasteiger partial charge in [-0.2, -0.15) is 0 Å². The lowest BCUT2D eigenvalue weighted by atomic mass is 9.88. The summed E-state index contributed by atoms with van der Waals surface area (Å²) in [5.41, 5.74) is -0.310. The van der Waals surface area contributed by atoms with Gasteiger partial charge in [0.1, 0.15) is 0 Å². The standard InChI is InChI=1S/C14H15NO4S/c1-3-14(15(17)18)9-10(13(16)19-2)7-11(14)8-12-5-4-6-20-12/h4-8H,3,9H2,1-2H3/b11-8-. The topological polar surface area (TPSA) is 69.4 Å². The van der Waals surface area contributed by atoms with Crippen LogP contribution in [0.25, 0.3) is 6.08 Å². The number of ether oxygens (including phenoxy) is 1. The van der Waals surface area contributed by atoms with Crippen LogP contribution in [-0.4, -0.2) is 23.5 Å². The molecular weight excluding hydrogens is 278 g/mol. The zero-order chi connectivity index (χ0) is 14.8. The van der Waals surface area contributed by atoms with Gasteiger partial charge in [0.05, 0.1) is 13.5 Å². The Labute approximate surface area is 120 Å². The predicted molar refractivity (Wildman–Crippen MR) is 77.0 cm³/mol. The molecule has 0 saturated heterocycles. The Balaban J connectivity index is 2.49. The van der Waals surface area contributed by atoms with Gasteiger partial charge >= 0.3 is 5.97 Å². The number of nitro groups is 1. The molecule has 0 aromatic carbocycles. The number of esters is 1. The Morgan fingerprint density at radius 3 is 2.90 bits per heavy atom. The van der Waals surface area contributed by atoms with Crippen molar-refractivity contribution >= 4 is 23.4 Å². The Morgan fingerprint density at radius 1 is 1.65 bits per heavy atom. The molecule has 1 aliphatic carbocycles. The summed E-state index contributed by atoms with van der Waals surface area (Å²) in [7, 11) is 1.28. The number of rotatable bonds is 4. The van der Waals surface area contributed by atoms with E-state index in [1.54, 1.807) is 19.1 Å². The normalized spacial score (nSPS) is 23.7. The molecule has 1 aromatic heterocycles. The zero-order valence-electron chi connectivity index (χ0n) is 11.3. The van der Waals surface area contributed by atoms with E-state index in [9.17, 15) is 14.9 Å². The highest BCUT2D eigenvalue weighted by Gasteiger charge is 2.50. The van der Waals surface area contributed by atoms with Crippen LogP contribution >= 0.6 is 11.3 Å². The van der Waals surface area contributed by atoms with Crippen LogP contribution in [0.4, 0.5) is 0 Å². The van der Waals surface area contributed by atoms with Crippen molar-refractivity contribution in [1.82, 2.24) is 0 Å². The first-order valence-electron chi connectivity index (χ1n) is 6.22. The van der Waals surface area contributed by atoms with Gasteiger partial charge in [-0.05, 0) is 23.6 Å². The second kappa shape index (κ2) is 5.58. The van der Waals surface area contributed by atoms with Gasteiger partial charge in [0.2, 0.25) is 0 Å². The Kier molecular flexibility index (Phi) is 4.04. The van der Waals surface area contributed by atoms with Crippen LogP contribution in [0.15, 0.2) is 34.7 Å². The van der Waals surface area contributed by atoms with E-state index in [0.29, 0.717) is 17.6 Å². The Hall–Kier alpha value is -1.95. The van der Waals surface area contributed by atoms with Crippen LogP contribution in [-0.2, 0) is 9.53 Å². The highest BCUT2D eigenvalue weighted by molar-refractivity contribution is 7.10. The largest absolute Gasteiger partial charge is 0.466 e. The zero-order valence-corrected chi connectivity index (χ0v) is 12.1. The molecule has 20 heavy (non-hydrogen) atoms. The molecule has 0 N–H and O–H groups in total. The monoisotopic (exact) mass is 293 g/mol. The van der Waals surface area contributed by atoms with Crippen LogP contribution in [0.2, 0.25) is 0 Å². The van der Waals surface area contributed by atoms with Crippen LogP contribution in [0.5, 0.6) is 0 Å². The highest BCUT2D eigenvalue weighted by Crippen LogP contribution is 2.41. The maximum absolute atomic E-state index is 11.7. The number of hydrogen-bond acceptors (Lipinski definition) is 5. The lowest BCUT2D eigenvalue weighted by Crippen LogP contribution is -2.37. The Bertz CT molecular complexity index is 588.